The summed E-state index contributed by atoms with van der Waals surface area (Å²) in [6.07, 6.45) is 0. The minimum atomic E-state index is -3.99. The predicted molar refractivity (Wildman–Crippen MR) is 84.2 cm³/mol. The van der Waals surface area contributed by atoms with Gasteiger partial charge in [-0.15, -0.1) is 0 Å². The largest absolute Gasteiger partial charge is 0.372 e. The quantitative estimate of drug-likeness (QED) is 0.690. The summed E-state index contributed by atoms with van der Waals surface area (Å²) in [6.45, 7) is -1.26. The average molecular weight is 318 g/mol. The van der Waals surface area contributed by atoms with Crippen LogP contribution in [0.1, 0.15) is 11.1 Å². The minimum absolute atomic E-state index is 0.171. The molecule has 3 nitrogen and oxygen atoms in total. The van der Waals surface area contributed by atoms with Gasteiger partial charge in [-0.25, -0.2) is 4.39 Å². The number of alkyl halides is 1. The second kappa shape index (κ2) is 6.89. The van der Waals surface area contributed by atoms with Gasteiger partial charge < -0.3 is 9.63 Å². The molecule has 0 saturated carbocycles. The zero-order valence-corrected chi connectivity index (χ0v) is 13.0. The van der Waals surface area contributed by atoms with Crippen LogP contribution >= 0.6 is 7.37 Å². The zero-order chi connectivity index (χ0) is 16.1. The van der Waals surface area contributed by atoms with Crippen molar-refractivity contribution in [2.45, 2.75) is 5.34 Å². The number of hydrogen-bond acceptors (Lipinski definition) is 3. The Morgan fingerprint density at radius 2 is 1.68 bits per heavy atom. The zero-order valence-electron chi connectivity index (χ0n) is 12.1. The van der Waals surface area contributed by atoms with E-state index in [2.05, 4.69) is 11.6 Å². The lowest BCUT2D eigenvalue weighted by Crippen LogP contribution is -2.28. The van der Waals surface area contributed by atoms with Crippen molar-refractivity contribution in [1.29, 1.82) is 0 Å². The molecule has 1 N–H and O–H groups in total. The van der Waals surface area contributed by atoms with E-state index < -0.39 is 19.4 Å². The summed E-state index contributed by atoms with van der Waals surface area (Å²) < 4.78 is 31.5. The van der Waals surface area contributed by atoms with E-state index in [1.165, 1.54) is 12.1 Å². The Balaban J connectivity index is 2.48. The highest BCUT2D eigenvalue weighted by atomic mass is 31.2. The number of halogens is 1. The summed E-state index contributed by atoms with van der Waals surface area (Å²) in [5.74, 6) is 2.68. The summed E-state index contributed by atoms with van der Waals surface area (Å²) in [7, 11) is -2.83. The molecule has 0 spiro atoms. The van der Waals surface area contributed by atoms with Crippen molar-refractivity contribution in [3.8, 4) is 11.6 Å². The maximum absolute atomic E-state index is 13.6. The Hall–Kier alpha value is -1.92. The molecule has 0 amide bonds. The lowest BCUT2D eigenvalue weighted by molar-refractivity contribution is 0.0777. The Kier molecular flexibility index (Phi) is 5.15. The van der Waals surface area contributed by atoms with Gasteiger partial charge in [0.1, 0.15) is 6.67 Å². The summed E-state index contributed by atoms with van der Waals surface area (Å²) in [4.78, 5) is 0. The molecule has 0 aliphatic rings. The van der Waals surface area contributed by atoms with E-state index in [0.29, 0.717) is 5.56 Å². The molecule has 0 heterocycles. The highest BCUT2D eigenvalue weighted by molar-refractivity contribution is 7.65. The van der Waals surface area contributed by atoms with Gasteiger partial charge in [0.15, 0.2) is 0 Å². The van der Waals surface area contributed by atoms with Gasteiger partial charge in [-0.3, -0.25) is 4.57 Å². The maximum Gasteiger partial charge on any atom is 0.311 e. The molecule has 0 aliphatic heterocycles. The second-order valence-corrected chi connectivity index (χ2v) is 7.08. The van der Waals surface area contributed by atoms with Gasteiger partial charge in [-0.1, -0.05) is 54.5 Å². The van der Waals surface area contributed by atoms with Crippen molar-refractivity contribution >= 4 is 7.37 Å². The first-order valence-corrected chi connectivity index (χ1v) is 8.26. The molecular weight excluding hydrogens is 302 g/mol. The van der Waals surface area contributed by atoms with Crippen molar-refractivity contribution in [2.75, 3.05) is 13.8 Å². The van der Waals surface area contributed by atoms with E-state index >= 15 is 0 Å². The molecular formula is C17H16FO3P. The first-order valence-electron chi connectivity index (χ1n) is 6.64. The maximum atomic E-state index is 13.6. The second-order valence-electron chi connectivity index (χ2n) is 4.65. The van der Waals surface area contributed by atoms with Crippen molar-refractivity contribution in [3.63, 3.8) is 0 Å². The van der Waals surface area contributed by atoms with Gasteiger partial charge in [0.25, 0.3) is 0 Å². The Labute approximate surface area is 129 Å². The van der Waals surface area contributed by atoms with Gasteiger partial charge >= 0.3 is 7.37 Å². The number of hydrogen-bond donors (Lipinski definition) is 1. The molecule has 0 unspecified atom stereocenters. The van der Waals surface area contributed by atoms with E-state index in [4.69, 9.17) is 4.52 Å². The number of rotatable bonds is 4. The van der Waals surface area contributed by atoms with Crippen LogP contribution < -0.4 is 0 Å². The lowest BCUT2D eigenvalue weighted by Gasteiger charge is -2.29. The fraction of sp³-hybridized carbons (Fsp3) is 0.176. The fourth-order valence-corrected chi connectivity index (χ4v) is 3.48. The number of aliphatic hydroxyl groups is 1. The smallest absolute Gasteiger partial charge is 0.311 e. The third kappa shape index (κ3) is 3.13. The van der Waals surface area contributed by atoms with Crippen LogP contribution in [0.15, 0.2) is 60.7 Å². The molecule has 114 valence electrons. The van der Waals surface area contributed by atoms with Gasteiger partial charge in [0.05, 0.1) is 0 Å². The topological polar surface area (TPSA) is 46.5 Å². The minimum Gasteiger partial charge on any atom is -0.372 e. The third-order valence-corrected chi connectivity index (χ3v) is 5.56. The summed E-state index contributed by atoms with van der Waals surface area (Å²) in [6, 6.07) is 16.8. The molecule has 2 rings (SSSR count). The van der Waals surface area contributed by atoms with E-state index in [1.807, 2.05) is 6.07 Å². The van der Waals surface area contributed by atoms with Crippen molar-refractivity contribution < 1.29 is 18.6 Å². The van der Waals surface area contributed by atoms with Gasteiger partial charge in [-0.05, 0) is 23.4 Å². The Morgan fingerprint density at radius 1 is 1.14 bits per heavy atom. The van der Waals surface area contributed by atoms with Crippen LogP contribution in [0.3, 0.4) is 0 Å². The molecule has 0 fully saturated rings. The van der Waals surface area contributed by atoms with Crippen LogP contribution in [-0.4, -0.2) is 18.9 Å². The Bertz CT molecular complexity index is 722. The van der Waals surface area contributed by atoms with Crippen molar-refractivity contribution in [2.24, 2.45) is 0 Å². The third-order valence-electron chi connectivity index (χ3n) is 3.29. The van der Waals surface area contributed by atoms with Crippen LogP contribution in [-0.2, 0) is 14.4 Å². The highest BCUT2D eigenvalue weighted by Crippen LogP contribution is 2.61. The SMILES string of the molecule is CO[P@](=O)(C#Cc1ccccc1)[C@@](O)(CF)c1ccccc1. The molecule has 0 aliphatic carbocycles. The standard InChI is InChI=1S/C17H16FO3P/c1-21-22(20,13-12-15-8-4-2-5-9-15)17(19,14-18)16-10-6-3-7-11-16/h2-11,19H,14H2,1H3/t17-,22+/m0/s1. The van der Waals surface area contributed by atoms with Gasteiger partial charge in [0.2, 0.25) is 5.34 Å². The predicted octanol–water partition coefficient (Wildman–Crippen LogP) is 3.73. The first kappa shape index (κ1) is 16.5. The van der Waals surface area contributed by atoms with Crippen LogP contribution in [0.2, 0.25) is 0 Å². The molecule has 2 atom stereocenters. The van der Waals surface area contributed by atoms with Gasteiger partial charge in [0, 0.05) is 12.7 Å². The van der Waals surface area contributed by atoms with Crippen LogP contribution in [0.25, 0.3) is 0 Å². The van der Waals surface area contributed by atoms with Crippen LogP contribution in [0, 0.1) is 11.6 Å². The first-order chi connectivity index (χ1) is 10.6. The summed E-state index contributed by atoms with van der Waals surface area (Å²) >= 11 is 0. The molecule has 5 heteroatoms. The van der Waals surface area contributed by atoms with Crippen LogP contribution in [0.4, 0.5) is 4.39 Å². The molecule has 0 aromatic heterocycles. The number of benzene rings is 2. The lowest BCUT2D eigenvalue weighted by atomic mass is 10.1. The highest BCUT2D eigenvalue weighted by Gasteiger charge is 2.48. The monoisotopic (exact) mass is 318 g/mol. The normalized spacial score (nSPS) is 16.0. The molecule has 22 heavy (non-hydrogen) atoms. The molecule has 0 bridgehead atoms. The van der Waals surface area contributed by atoms with Gasteiger partial charge in [-0.2, -0.15) is 0 Å². The summed E-state index contributed by atoms with van der Waals surface area (Å²) in [5, 5.41) is 8.34. The van der Waals surface area contributed by atoms with Crippen molar-refractivity contribution in [3.05, 3.63) is 71.8 Å². The van der Waals surface area contributed by atoms with Crippen LogP contribution in [0.5, 0.6) is 0 Å². The fourth-order valence-electron chi connectivity index (χ4n) is 1.98. The Morgan fingerprint density at radius 3 is 2.18 bits per heavy atom. The van der Waals surface area contributed by atoms with Crippen molar-refractivity contribution in [1.82, 2.24) is 0 Å². The van der Waals surface area contributed by atoms with E-state index in [1.54, 1.807) is 42.5 Å². The van der Waals surface area contributed by atoms with E-state index in [0.717, 1.165) is 7.11 Å². The van der Waals surface area contributed by atoms with E-state index in [-0.39, 0.29) is 5.56 Å². The summed E-state index contributed by atoms with van der Waals surface area (Å²) in [5.41, 5.74) is 3.22. The molecule has 2 aromatic rings. The average Bonchev–Trinajstić information content (AvgIpc) is 2.60. The molecule has 2 aromatic carbocycles. The molecule has 0 radical (unpaired) electrons. The molecule has 0 saturated heterocycles. The van der Waals surface area contributed by atoms with E-state index in [9.17, 15) is 14.1 Å².